The Balaban J connectivity index is 2.11. The summed E-state index contributed by atoms with van der Waals surface area (Å²) in [4.78, 5) is 0. The first-order valence-electron chi connectivity index (χ1n) is 9.51. The van der Waals surface area contributed by atoms with Gasteiger partial charge < -0.3 is 9.47 Å². The second kappa shape index (κ2) is 8.70. The van der Waals surface area contributed by atoms with Gasteiger partial charge in [-0.1, -0.05) is 30.3 Å². The molecule has 33 heavy (non-hydrogen) atoms. The Morgan fingerprint density at radius 3 is 1.64 bits per heavy atom. The van der Waals surface area contributed by atoms with Gasteiger partial charge in [0.25, 0.3) is 0 Å². The van der Waals surface area contributed by atoms with Crippen molar-refractivity contribution in [2.45, 2.75) is 24.7 Å². The summed E-state index contributed by atoms with van der Waals surface area (Å²) in [6, 6.07) is 13.7. The van der Waals surface area contributed by atoms with Crippen molar-refractivity contribution in [3.8, 4) is 23.3 Å². The summed E-state index contributed by atoms with van der Waals surface area (Å²) in [6.07, 6.45) is -11.4. The number of aryl methyl sites for hydroxylation is 1. The second-order valence-corrected chi connectivity index (χ2v) is 7.21. The number of methoxy groups -OCH3 is 1. The van der Waals surface area contributed by atoms with Crippen LogP contribution in [0.1, 0.15) is 22.3 Å². The standard InChI is InChI=1S/C24H17F6NO2/c1-15-3-12-21(16(13-15)14-31)33-20-10-6-18(7-11-20)22(23(25,26)27,24(28,29)30)17-4-8-19(32-2)9-5-17/h3-13H,1-2H3. The van der Waals surface area contributed by atoms with Gasteiger partial charge in [0, 0.05) is 0 Å². The molecule has 0 spiro atoms. The zero-order valence-electron chi connectivity index (χ0n) is 17.4. The zero-order chi connectivity index (χ0) is 24.4. The molecule has 0 aliphatic heterocycles. The number of benzene rings is 3. The molecular formula is C24H17F6NO2. The minimum atomic E-state index is -5.70. The molecule has 0 aromatic heterocycles. The third kappa shape index (κ3) is 4.33. The highest BCUT2D eigenvalue weighted by molar-refractivity contribution is 5.50. The molecule has 3 rings (SSSR count). The predicted molar refractivity (Wildman–Crippen MR) is 108 cm³/mol. The van der Waals surface area contributed by atoms with E-state index in [4.69, 9.17) is 9.47 Å². The van der Waals surface area contributed by atoms with Crippen molar-refractivity contribution in [2.24, 2.45) is 0 Å². The number of hydrogen-bond acceptors (Lipinski definition) is 3. The topological polar surface area (TPSA) is 42.2 Å². The van der Waals surface area contributed by atoms with Crippen LogP contribution in [0.2, 0.25) is 0 Å². The lowest BCUT2D eigenvalue weighted by atomic mass is 9.73. The second-order valence-electron chi connectivity index (χ2n) is 7.21. The largest absolute Gasteiger partial charge is 0.497 e. The van der Waals surface area contributed by atoms with Gasteiger partial charge in [-0.3, -0.25) is 0 Å². The number of rotatable bonds is 5. The van der Waals surface area contributed by atoms with Gasteiger partial charge in [-0.05, 0) is 60.0 Å². The van der Waals surface area contributed by atoms with E-state index in [-0.39, 0.29) is 22.8 Å². The Kier molecular flexibility index (Phi) is 6.32. The minimum Gasteiger partial charge on any atom is -0.497 e. The fraction of sp³-hybridized carbons (Fsp3) is 0.208. The zero-order valence-corrected chi connectivity index (χ0v) is 17.4. The van der Waals surface area contributed by atoms with Crippen LogP contribution in [0.25, 0.3) is 0 Å². The van der Waals surface area contributed by atoms with Crippen LogP contribution in [0.3, 0.4) is 0 Å². The molecule has 0 N–H and O–H groups in total. The van der Waals surface area contributed by atoms with Crippen molar-refractivity contribution in [1.29, 1.82) is 5.26 Å². The predicted octanol–water partition coefficient (Wildman–Crippen LogP) is 7.08. The summed E-state index contributed by atoms with van der Waals surface area (Å²) in [5.74, 6) is 0.225. The highest BCUT2D eigenvalue weighted by Gasteiger charge is 2.72. The smallest absolute Gasteiger partial charge is 0.411 e. The SMILES string of the molecule is COc1ccc(C(c2ccc(Oc3ccc(C)cc3C#N)cc2)(C(F)(F)F)C(F)(F)F)cc1. The molecule has 9 heteroatoms. The van der Waals surface area contributed by atoms with Crippen LogP contribution < -0.4 is 9.47 Å². The molecule has 172 valence electrons. The van der Waals surface area contributed by atoms with Crippen molar-refractivity contribution in [1.82, 2.24) is 0 Å². The average Bonchev–Trinajstić information content (AvgIpc) is 2.75. The van der Waals surface area contributed by atoms with E-state index < -0.39 is 28.9 Å². The summed E-state index contributed by atoms with van der Waals surface area (Å²) < 4.78 is 95.5. The summed E-state index contributed by atoms with van der Waals surface area (Å²) in [5, 5.41) is 9.23. The Bertz CT molecular complexity index is 1150. The van der Waals surface area contributed by atoms with Gasteiger partial charge >= 0.3 is 12.4 Å². The highest BCUT2D eigenvalue weighted by Crippen LogP contribution is 2.56. The van der Waals surface area contributed by atoms with Gasteiger partial charge in [0.1, 0.15) is 23.3 Å². The van der Waals surface area contributed by atoms with Crippen LogP contribution in [0.4, 0.5) is 26.3 Å². The maximum absolute atomic E-state index is 14.2. The van der Waals surface area contributed by atoms with E-state index in [9.17, 15) is 31.6 Å². The Morgan fingerprint density at radius 1 is 0.727 bits per heavy atom. The molecule has 0 saturated heterocycles. The molecule has 0 saturated carbocycles. The van der Waals surface area contributed by atoms with Crippen LogP contribution in [0.15, 0.2) is 66.7 Å². The molecule has 3 aromatic rings. The molecule has 0 aliphatic rings. The van der Waals surface area contributed by atoms with E-state index in [0.717, 1.165) is 54.1 Å². The molecule has 3 nitrogen and oxygen atoms in total. The number of alkyl halides is 6. The molecule has 0 amide bonds. The Hall–Kier alpha value is -3.67. The molecule has 0 aliphatic carbocycles. The summed E-state index contributed by atoms with van der Waals surface area (Å²) in [7, 11) is 1.25. The molecule has 0 radical (unpaired) electrons. The average molecular weight is 465 g/mol. The van der Waals surface area contributed by atoms with Crippen molar-refractivity contribution in [3.63, 3.8) is 0 Å². The van der Waals surface area contributed by atoms with Crippen LogP contribution in [0.5, 0.6) is 17.2 Å². The van der Waals surface area contributed by atoms with Crippen molar-refractivity contribution >= 4 is 0 Å². The normalized spacial score (nSPS) is 12.2. The fourth-order valence-corrected chi connectivity index (χ4v) is 3.54. The quantitative estimate of drug-likeness (QED) is 0.378. The molecule has 0 fully saturated rings. The molecule has 0 unspecified atom stereocenters. The number of ether oxygens (including phenoxy) is 2. The Morgan fingerprint density at radius 2 is 1.21 bits per heavy atom. The van der Waals surface area contributed by atoms with Crippen molar-refractivity contribution in [3.05, 3.63) is 89.0 Å². The van der Waals surface area contributed by atoms with Crippen molar-refractivity contribution < 1.29 is 35.8 Å². The van der Waals surface area contributed by atoms with Gasteiger partial charge in [0.15, 0.2) is 0 Å². The third-order valence-corrected chi connectivity index (χ3v) is 5.14. The Labute approximate surface area is 185 Å². The molecule has 0 atom stereocenters. The monoisotopic (exact) mass is 465 g/mol. The maximum atomic E-state index is 14.2. The summed E-state index contributed by atoms with van der Waals surface area (Å²) in [5.41, 5.74) is -5.33. The number of hydrogen-bond donors (Lipinski definition) is 0. The van der Waals surface area contributed by atoms with Gasteiger partial charge in [0.2, 0.25) is 5.41 Å². The fourth-order valence-electron chi connectivity index (χ4n) is 3.54. The van der Waals surface area contributed by atoms with E-state index >= 15 is 0 Å². The first-order valence-corrected chi connectivity index (χ1v) is 9.51. The lowest BCUT2D eigenvalue weighted by Crippen LogP contribution is -2.54. The van der Waals surface area contributed by atoms with E-state index in [0.29, 0.717) is 0 Å². The first kappa shape index (κ1) is 24.0. The van der Waals surface area contributed by atoms with Crippen LogP contribution in [-0.2, 0) is 5.41 Å². The third-order valence-electron chi connectivity index (χ3n) is 5.14. The first-order chi connectivity index (χ1) is 15.4. The number of nitriles is 1. The number of halogens is 6. The van der Waals surface area contributed by atoms with Crippen LogP contribution >= 0.6 is 0 Å². The molecule has 0 bridgehead atoms. The van der Waals surface area contributed by atoms with E-state index in [1.165, 1.54) is 13.2 Å². The summed E-state index contributed by atoms with van der Waals surface area (Å²) in [6.45, 7) is 1.76. The van der Waals surface area contributed by atoms with Gasteiger partial charge in [-0.2, -0.15) is 31.6 Å². The summed E-state index contributed by atoms with van der Waals surface area (Å²) >= 11 is 0. The highest BCUT2D eigenvalue weighted by atomic mass is 19.4. The van der Waals surface area contributed by atoms with E-state index in [1.54, 1.807) is 19.1 Å². The van der Waals surface area contributed by atoms with Gasteiger partial charge in [-0.25, -0.2) is 0 Å². The lowest BCUT2D eigenvalue weighted by molar-refractivity contribution is -0.288. The van der Waals surface area contributed by atoms with Crippen LogP contribution in [0, 0.1) is 18.3 Å². The van der Waals surface area contributed by atoms with Crippen LogP contribution in [-0.4, -0.2) is 19.5 Å². The maximum Gasteiger partial charge on any atom is 0.411 e. The molecule has 0 heterocycles. The van der Waals surface area contributed by atoms with Gasteiger partial charge in [0.05, 0.1) is 12.7 Å². The minimum absolute atomic E-state index is 0.0212. The number of nitrogens with zero attached hydrogens (tertiary/aromatic N) is 1. The lowest BCUT2D eigenvalue weighted by Gasteiger charge is -2.38. The molecular weight excluding hydrogens is 448 g/mol. The van der Waals surface area contributed by atoms with E-state index in [2.05, 4.69) is 0 Å². The van der Waals surface area contributed by atoms with Gasteiger partial charge in [-0.15, -0.1) is 0 Å². The molecule has 3 aromatic carbocycles. The van der Waals surface area contributed by atoms with Crippen molar-refractivity contribution in [2.75, 3.05) is 7.11 Å². The van der Waals surface area contributed by atoms with E-state index in [1.807, 2.05) is 6.07 Å².